The molecule has 2 aliphatic rings. The molecule has 0 aliphatic heterocycles. The van der Waals surface area contributed by atoms with Crippen LogP contribution in [0, 0.1) is 13.8 Å². The first kappa shape index (κ1) is 50.5. The van der Waals surface area contributed by atoms with E-state index >= 15 is 0 Å². The highest BCUT2D eigenvalue weighted by Gasteiger charge is 2.44. The Kier molecular flexibility index (Phi) is 12.8. The van der Waals surface area contributed by atoms with Gasteiger partial charge in [-0.2, -0.15) is 0 Å². The smallest absolute Gasteiger partial charge is 0.0462 e. The van der Waals surface area contributed by atoms with Gasteiger partial charge in [0.25, 0.3) is 0 Å². The molecule has 0 N–H and O–H groups in total. The van der Waals surface area contributed by atoms with Gasteiger partial charge in [0.2, 0.25) is 0 Å². The van der Waals surface area contributed by atoms with E-state index in [1.165, 1.54) is 100 Å². The van der Waals surface area contributed by atoms with Gasteiger partial charge in [-0.3, -0.25) is 0 Å². The lowest BCUT2D eigenvalue weighted by molar-refractivity contribution is 0.520. The summed E-state index contributed by atoms with van der Waals surface area (Å²) in [6.07, 6.45) is 1.84. The van der Waals surface area contributed by atoms with Gasteiger partial charge >= 0.3 is 0 Å². The number of hydrogen-bond acceptors (Lipinski definition) is 2. The normalized spacial score (nSPS) is 13.2. The molecule has 394 valence electrons. The Morgan fingerprint density at radius 1 is 0.256 bits per heavy atom. The number of aryl methyl sites for hydroxylation is 2. The van der Waals surface area contributed by atoms with E-state index in [1.807, 2.05) is 0 Å². The largest absolute Gasteiger partial charge is 0.311 e. The maximum atomic E-state index is 2.50. The van der Waals surface area contributed by atoms with Gasteiger partial charge in [-0.25, -0.2) is 0 Å². The zero-order valence-corrected chi connectivity index (χ0v) is 47.0. The van der Waals surface area contributed by atoms with Crippen molar-refractivity contribution in [2.75, 3.05) is 9.80 Å². The van der Waals surface area contributed by atoms with Crippen molar-refractivity contribution in [3.05, 3.63) is 336 Å². The molecule has 0 fully saturated rings. The fraction of sp³-hybridized carbons (Fsp3) is 0.100. The van der Waals surface area contributed by atoms with Crippen molar-refractivity contribution < 1.29 is 0 Å². The molecule has 2 nitrogen and oxygen atoms in total. The molecular formula is C80H64N2. The molecule has 0 aromatic heterocycles. The van der Waals surface area contributed by atoms with Gasteiger partial charge in [0.15, 0.2) is 0 Å². The summed E-state index contributed by atoms with van der Waals surface area (Å²) in [4.78, 5) is 4.70. The van der Waals surface area contributed by atoms with E-state index in [0.29, 0.717) is 0 Å². The highest BCUT2D eigenvalue weighted by Crippen LogP contribution is 2.55. The average molecular weight is 1050 g/mol. The van der Waals surface area contributed by atoms with Crippen LogP contribution in [0.1, 0.15) is 58.4 Å². The quantitative estimate of drug-likeness (QED) is 0.114. The Labute approximate surface area is 483 Å². The number of benzene rings is 12. The van der Waals surface area contributed by atoms with Crippen LogP contribution in [0.25, 0.3) is 55.6 Å². The van der Waals surface area contributed by atoms with Crippen LogP contribution in [-0.4, -0.2) is 0 Å². The minimum Gasteiger partial charge on any atom is -0.311 e. The summed E-state index contributed by atoms with van der Waals surface area (Å²) < 4.78 is 0. The van der Waals surface area contributed by atoms with Gasteiger partial charge in [0, 0.05) is 45.0 Å². The average Bonchev–Trinajstić information content (AvgIpc) is 3.75. The second-order valence-corrected chi connectivity index (χ2v) is 23.2. The Balaban J connectivity index is 0.743. The fourth-order valence-corrected chi connectivity index (χ4v) is 13.4. The molecule has 0 saturated carbocycles. The Hall–Kier alpha value is -9.76. The number of nitrogens with zero attached hydrogens (tertiary/aromatic N) is 2. The lowest BCUT2D eigenvalue weighted by Crippen LogP contribution is -2.31. The van der Waals surface area contributed by atoms with Crippen LogP contribution in [0.15, 0.2) is 291 Å². The molecule has 0 spiro atoms. The van der Waals surface area contributed by atoms with Crippen LogP contribution >= 0.6 is 0 Å². The topological polar surface area (TPSA) is 6.48 Å². The van der Waals surface area contributed by atoms with Crippen molar-refractivity contribution in [3.63, 3.8) is 0 Å². The van der Waals surface area contributed by atoms with E-state index in [-0.39, 0.29) is 10.8 Å². The van der Waals surface area contributed by atoms with Crippen LogP contribution in [0.5, 0.6) is 0 Å². The zero-order chi connectivity index (χ0) is 55.4. The van der Waals surface area contributed by atoms with E-state index in [4.69, 9.17) is 0 Å². The Morgan fingerprint density at radius 2 is 0.537 bits per heavy atom. The van der Waals surface area contributed by atoms with E-state index in [2.05, 4.69) is 329 Å². The summed E-state index contributed by atoms with van der Waals surface area (Å²) in [5.74, 6) is 0. The predicted octanol–water partition coefficient (Wildman–Crippen LogP) is 21.3. The Bertz CT molecular complexity index is 4220. The predicted molar refractivity (Wildman–Crippen MR) is 346 cm³/mol. The lowest BCUT2D eigenvalue weighted by Gasteiger charge is -2.33. The molecule has 2 aliphatic carbocycles. The third kappa shape index (κ3) is 9.11. The SMILES string of the molecule is Cc1ccc(N(c2ccccc2)c2ccc(-c3ccc4c(c3)C(C)(C)c3cc(-c5ccc(N(c6ccccc6)c6ccc(-c7ccc8c(c7)C(Cc7ccccc7)(Cc7ccccc7)c7cc(C)ccc7-8)cc6)cc5)ccc3-4)cc2)cc1. The molecule has 14 rings (SSSR count). The molecule has 82 heavy (non-hydrogen) atoms. The first-order valence-corrected chi connectivity index (χ1v) is 28.9. The third-order valence-corrected chi connectivity index (χ3v) is 17.6. The van der Waals surface area contributed by atoms with Crippen molar-refractivity contribution in [1.29, 1.82) is 0 Å². The molecule has 0 unspecified atom stereocenters. The zero-order valence-electron chi connectivity index (χ0n) is 47.0. The maximum absolute atomic E-state index is 2.50. The third-order valence-electron chi connectivity index (χ3n) is 17.6. The molecule has 12 aromatic carbocycles. The highest BCUT2D eigenvalue weighted by atomic mass is 15.1. The molecule has 0 radical (unpaired) electrons. The van der Waals surface area contributed by atoms with Crippen molar-refractivity contribution in [3.8, 4) is 55.6 Å². The second kappa shape index (κ2) is 20.7. The first-order chi connectivity index (χ1) is 40.2. The maximum Gasteiger partial charge on any atom is 0.0462 e. The molecule has 12 aromatic rings. The number of fused-ring (bicyclic) bond motifs is 6. The molecule has 0 amide bonds. The minimum atomic E-state index is -0.235. The van der Waals surface area contributed by atoms with Crippen LogP contribution in [0.4, 0.5) is 34.1 Å². The van der Waals surface area contributed by atoms with Crippen LogP contribution in [0.3, 0.4) is 0 Å². The summed E-state index contributed by atoms with van der Waals surface area (Å²) in [7, 11) is 0. The molecule has 0 saturated heterocycles. The van der Waals surface area contributed by atoms with E-state index < -0.39 is 0 Å². The van der Waals surface area contributed by atoms with Gasteiger partial charge in [0.05, 0.1) is 0 Å². The van der Waals surface area contributed by atoms with Crippen LogP contribution in [0.2, 0.25) is 0 Å². The van der Waals surface area contributed by atoms with Gasteiger partial charge in [-0.1, -0.05) is 225 Å². The number of hydrogen-bond donors (Lipinski definition) is 0. The summed E-state index contributed by atoms with van der Waals surface area (Å²) in [5.41, 5.74) is 29.7. The molecule has 0 bridgehead atoms. The van der Waals surface area contributed by atoms with Crippen molar-refractivity contribution in [2.24, 2.45) is 0 Å². The van der Waals surface area contributed by atoms with Gasteiger partial charge in [-0.15, -0.1) is 0 Å². The van der Waals surface area contributed by atoms with Crippen molar-refractivity contribution >= 4 is 34.1 Å². The molecular weight excluding hydrogens is 989 g/mol. The van der Waals surface area contributed by atoms with Gasteiger partial charge in [0.1, 0.15) is 0 Å². The summed E-state index contributed by atoms with van der Waals surface area (Å²) >= 11 is 0. The second-order valence-electron chi connectivity index (χ2n) is 23.2. The standard InChI is InChI=1S/C80H64N2/c1-55-25-37-67(38-26-55)81(65-21-13-7-14-22-65)68-39-28-59(29-40-68)62-34-46-71-72-47-35-63(51-76(72)79(3,4)75(71)50-62)60-30-41-69(42-31-60)82(66-23-15-8-16-24-66)70-43-32-61(33-44-70)64-36-48-74-73-45-27-56(2)49-77(73)80(78(74)52-64,53-57-17-9-5-10-18-57)54-58-19-11-6-12-20-58/h5-52H,53-54H2,1-4H3. The number of para-hydroxylation sites is 2. The van der Waals surface area contributed by atoms with Crippen LogP contribution in [-0.2, 0) is 23.7 Å². The summed E-state index contributed by atoms with van der Waals surface area (Å²) in [6.45, 7) is 9.14. The molecule has 2 heteroatoms. The first-order valence-electron chi connectivity index (χ1n) is 28.9. The number of rotatable bonds is 13. The van der Waals surface area contributed by atoms with E-state index in [0.717, 1.165) is 47.0 Å². The summed E-state index contributed by atoms with van der Waals surface area (Å²) in [5, 5.41) is 0. The number of anilines is 6. The molecule has 0 atom stereocenters. The van der Waals surface area contributed by atoms with E-state index in [1.54, 1.807) is 0 Å². The van der Waals surface area contributed by atoms with Crippen molar-refractivity contribution in [2.45, 2.75) is 51.4 Å². The van der Waals surface area contributed by atoms with Gasteiger partial charge < -0.3 is 9.80 Å². The Morgan fingerprint density at radius 3 is 0.927 bits per heavy atom. The molecule has 0 heterocycles. The highest BCUT2D eigenvalue weighted by molar-refractivity contribution is 5.89. The van der Waals surface area contributed by atoms with Gasteiger partial charge in [-0.05, 0) is 207 Å². The summed E-state index contributed by atoms with van der Waals surface area (Å²) in [6, 6.07) is 108. The fourth-order valence-electron chi connectivity index (χ4n) is 13.4. The lowest BCUT2D eigenvalue weighted by atomic mass is 9.69. The van der Waals surface area contributed by atoms with E-state index in [9.17, 15) is 0 Å². The van der Waals surface area contributed by atoms with Crippen LogP contribution < -0.4 is 9.80 Å². The van der Waals surface area contributed by atoms with Crippen molar-refractivity contribution in [1.82, 2.24) is 0 Å². The minimum absolute atomic E-state index is 0.181. The monoisotopic (exact) mass is 1050 g/mol.